The van der Waals surface area contributed by atoms with Crippen LogP contribution in [0.4, 0.5) is 11.6 Å². The number of halogens is 1. The van der Waals surface area contributed by atoms with Crippen LogP contribution in [0.2, 0.25) is 5.02 Å². The second kappa shape index (κ2) is 8.68. The summed E-state index contributed by atoms with van der Waals surface area (Å²) in [6.45, 7) is 4.54. The number of hydrogen-bond acceptors (Lipinski definition) is 5. The largest absolute Gasteiger partial charge is 0.408 e. The molecule has 37 heavy (non-hydrogen) atoms. The molecule has 0 radical (unpaired) electrons. The Hall–Kier alpha value is -3.20. The fourth-order valence-electron chi connectivity index (χ4n) is 7.91. The number of carbonyl (C=O) groups is 1. The van der Waals surface area contributed by atoms with E-state index in [4.69, 9.17) is 11.6 Å². The zero-order chi connectivity index (χ0) is 25.9. The number of nitrogens with one attached hydrogen (secondary N) is 1. The van der Waals surface area contributed by atoms with Gasteiger partial charge in [-0.25, -0.2) is 0 Å². The highest BCUT2D eigenvalue weighted by Gasteiger charge is 2.60. The van der Waals surface area contributed by atoms with Gasteiger partial charge in [-0.3, -0.25) is 9.48 Å². The normalized spacial score (nSPS) is 28.0. The molecule has 0 spiro atoms. The lowest BCUT2D eigenvalue weighted by molar-refractivity contribution is -0.389. The lowest BCUT2D eigenvalue weighted by Gasteiger charge is -2.61. The smallest absolute Gasteiger partial charge is 0.358 e. The number of anilines is 1. The minimum Gasteiger partial charge on any atom is -0.358 e. The summed E-state index contributed by atoms with van der Waals surface area (Å²) in [6, 6.07) is 10.0. The summed E-state index contributed by atoms with van der Waals surface area (Å²) < 4.78 is 3.68. The van der Waals surface area contributed by atoms with Crippen LogP contribution in [0.3, 0.4) is 0 Å². The quantitative estimate of drug-likeness (QED) is 0.319. The van der Waals surface area contributed by atoms with Crippen molar-refractivity contribution in [3.63, 3.8) is 0 Å². The van der Waals surface area contributed by atoms with E-state index in [1.807, 2.05) is 40.7 Å². The van der Waals surface area contributed by atoms with Crippen LogP contribution < -0.4 is 5.32 Å². The molecule has 2 atom stereocenters. The van der Waals surface area contributed by atoms with Gasteiger partial charge < -0.3 is 15.4 Å². The number of hydrogen-bond donors (Lipinski definition) is 1. The summed E-state index contributed by atoms with van der Waals surface area (Å²) in [5.41, 5.74) is 2.59. The van der Waals surface area contributed by atoms with E-state index in [1.54, 1.807) is 0 Å². The lowest BCUT2D eigenvalue weighted by atomic mass is 9.46. The third kappa shape index (κ3) is 4.23. The van der Waals surface area contributed by atoms with Crippen LogP contribution in [0, 0.1) is 41.2 Å². The molecule has 194 valence electrons. The molecule has 10 heteroatoms. The third-order valence-corrected chi connectivity index (χ3v) is 9.28. The van der Waals surface area contributed by atoms with Gasteiger partial charge in [-0.05, 0) is 85.7 Å². The summed E-state index contributed by atoms with van der Waals surface area (Å²) in [4.78, 5) is 24.3. The van der Waals surface area contributed by atoms with Crippen LogP contribution in [0.5, 0.6) is 0 Å². The number of benzene rings is 1. The van der Waals surface area contributed by atoms with Crippen molar-refractivity contribution in [3.05, 3.63) is 68.5 Å². The van der Waals surface area contributed by atoms with E-state index in [0.29, 0.717) is 36.3 Å². The highest BCUT2D eigenvalue weighted by Crippen LogP contribution is 2.65. The van der Waals surface area contributed by atoms with Crippen LogP contribution in [0.15, 0.2) is 36.5 Å². The maximum atomic E-state index is 13.3. The topological polar surface area (TPSA) is 108 Å². The number of nitrogens with zero attached hydrogens (tertiary/aromatic N) is 5. The van der Waals surface area contributed by atoms with Gasteiger partial charge in [-0.15, -0.1) is 0 Å². The van der Waals surface area contributed by atoms with Gasteiger partial charge in [0.05, 0.1) is 22.9 Å². The van der Waals surface area contributed by atoms with Crippen LogP contribution in [0.1, 0.15) is 61.8 Å². The second-order valence-corrected chi connectivity index (χ2v) is 12.0. The Labute approximate surface area is 220 Å². The van der Waals surface area contributed by atoms with Gasteiger partial charge in [0.15, 0.2) is 10.8 Å². The van der Waals surface area contributed by atoms with Gasteiger partial charge in [0.25, 0.3) is 0 Å². The van der Waals surface area contributed by atoms with Gasteiger partial charge >= 0.3 is 5.82 Å². The monoisotopic (exact) mass is 522 g/mol. The molecule has 2 unspecified atom stereocenters. The van der Waals surface area contributed by atoms with Crippen molar-refractivity contribution in [1.82, 2.24) is 19.6 Å². The Morgan fingerprint density at radius 2 is 1.89 bits per heavy atom. The van der Waals surface area contributed by atoms with Crippen LogP contribution in [0.25, 0.3) is 0 Å². The van der Waals surface area contributed by atoms with Crippen molar-refractivity contribution < 1.29 is 9.72 Å². The van der Waals surface area contributed by atoms with Crippen molar-refractivity contribution in [3.8, 4) is 0 Å². The molecule has 9 nitrogen and oxygen atoms in total. The average Bonchev–Trinajstić information content (AvgIpc) is 3.38. The number of rotatable bonds is 7. The molecule has 1 amide bonds. The molecule has 4 fully saturated rings. The minimum atomic E-state index is -0.506. The molecule has 3 aromatic rings. The van der Waals surface area contributed by atoms with E-state index in [9.17, 15) is 14.9 Å². The van der Waals surface area contributed by atoms with Gasteiger partial charge in [0.2, 0.25) is 5.91 Å². The molecule has 4 saturated carbocycles. The van der Waals surface area contributed by atoms with E-state index in [1.165, 1.54) is 11.1 Å². The van der Waals surface area contributed by atoms with Crippen LogP contribution in [-0.2, 0) is 16.9 Å². The number of amides is 1. The molecular formula is C27H31ClN6O3. The maximum absolute atomic E-state index is 13.3. The van der Waals surface area contributed by atoms with Gasteiger partial charge in [0, 0.05) is 18.7 Å². The summed E-state index contributed by atoms with van der Waals surface area (Å²) in [7, 11) is 0. The highest BCUT2D eigenvalue weighted by atomic mass is 35.5. The van der Waals surface area contributed by atoms with Gasteiger partial charge in [-0.1, -0.05) is 35.9 Å². The maximum Gasteiger partial charge on any atom is 0.408 e. The summed E-state index contributed by atoms with van der Waals surface area (Å²) in [6.07, 6.45) is 8.15. The summed E-state index contributed by atoms with van der Waals surface area (Å²) >= 11 is 6.32. The SMILES string of the molecule is Cc1ccccc1Cn1ccc(NC(=O)CC23CC4CC(C2)CC(n2nc([N+](=O)[O-])c(Cl)c2C)(C4)C3)n1. The van der Waals surface area contributed by atoms with Crippen LogP contribution >= 0.6 is 11.6 Å². The highest BCUT2D eigenvalue weighted by molar-refractivity contribution is 6.33. The molecule has 2 aromatic heterocycles. The van der Waals surface area contributed by atoms with Crippen molar-refractivity contribution in [2.24, 2.45) is 17.3 Å². The Balaban J connectivity index is 1.19. The van der Waals surface area contributed by atoms with Crippen LogP contribution in [-0.4, -0.2) is 30.4 Å². The van der Waals surface area contributed by atoms with Gasteiger partial charge in [0.1, 0.15) is 0 Å². The fourth-order valence-corrected chi connectivity index (χ4v) is 8.10. The second-order valence-electron chi connectivity index (χ2n) is 11.6. The van der Waals surface area contributed by atoms with E-state index < -0.39 is 4.92 Å². The summed E-state index contributed by atoms with van der Waals surface area (Å²) in [5.74, 6) is 1.23. The van der Waals surface area contributed by atoms with Crippen molar-refractivity contribution >= 4 is 29.1 Å². The first-order valence-electron chi connectivity index (χ1n) is 12.9. The Bertz CT molecular complexity index is 1380. The molecule has 0 saturated heterocycles. The first kappa shape index (κ1) is 24.2. The standard InChI is InChI=1S/C27H31ClN6O3/c1-17-5-3-4-6-21(17)15-32-8-7-22(30-32)29-23(35)14-26-10-19-9-20(11-26)13-27(12-19,16-26)33-18(2)24(28)25(31-33)34(36)37/h3-8,19-20H,9-16H2,1-2H3,(H,29,30,35). The molecule has 7 rings (SSSR count). The van der Waals surface area contributed by atoms with Crippen molar-refractivity contribution in [2.45, 2.75) is 70.9 Å². The minimum absolute atomic E-state index is 0.0283. The van der Waals surface area contributed by atoms with E-state index in [0.717, 1.165) is 38.5 Å². The van der Waals surface area contributed by atoms with E-state index >= 15 is 0 Å². The zero-order valence-corrected chi connectivity index (χ0v) is 21.9. The van der Waals surface area contributed by atoms with Gasteiger partial charge in [-0.2, -0.15) is 9.78 Å². The lowest BCUT2D eigenvalue weighted by Crippen LogP contribution is -2.57. The molecular weight excluding hydrogens is 492 g/mol. The Kier molecular flexibility index (Phi) is 5.67. The Morgan fingerprint density at radius 3 is 2.57 bits per heavy atom. The molecule has 1 N–H and O–H groups in total. The molecule has 2 heterocycles. The number of aromatic nitrogens is 4. The first-order valence-corrected chi connectivity index (χ1v) is 13.3. The first-order chi connectivity index (χ1) is 17.7. The van der Waals surface area contributed by atoms with Crippen molar-refractivity contribution in [1.29, 1.82) is 0 Å². The predicted octanol–water partition coefficient (Wildman–Crippen LogP) is 5.63. The molecule has 4 bridgehead atoms. The third-order valence-electron chi connectivity index (χ3n) is 8.84. The molecule has 4 aliphatic rings. The van der Waals surface area contributed by atoms with E-state index in [-0.39, 0.29) is 27.7 Å². The number of carbonyl (C=O) groups excluding carboxylic acids is 1. The van der Waals surface area contributed by atoms with Crippen molar-refractivity contribution in [2.75, 3.05) is 5.32 Å². The molecule has 0 aliphatic heterocycles. The fraction of sp³-hybridized carbons (Fsp3) is 0.519. The zero-order valence-electron chi connectivity index (χ0n) is 21.1. The Morgan fingerprint density at radius 1 is 1.16 bits per heavy atom. The molecule has 1 aromatic carbocycles. The molecule has 4 aliphatic carbocycles. The number of nitro groups is 1. The summed E-state index contributed by atoms with van der Waals surface area (Å²) in [5, 5.41) is 23.6. The van der Waals surface area contributed by atoms with E-state index in [2.05, 4.69) is 34.6 Å². The number of aryl methyl sites for hydroxylation is 1. The average molecular weight is 523 g/mol. The predicted molar refractivity (Wildman–Crippen MR) is 139 cm³/mol.